The Balaban J connectivity index is 1.19. The standard InChI is InChI=1S/C38H41N/c1-38(23-26-14-15-27(20-26)24-38)35-19-18-30(29-8-2-3-9-31(29)35)32-10-4-6-12-36(32)39-37-13-7-5-11-33(37)34-22-25-16-17-28(34)21-25/h2-13,18-19,25-28,34,39H,14-17,20-24H2,1H3/t25?,26-,27?,28?,34?,38?/m1/s1. The van der Waals surface area contributed by atoms with E-state index in [9.17, 15) is 0 Å². The van der Waals surface area contributed by atoms with Gasteiger partial charge in [-0.25, -0.2) is 0 Å². The highest BCUT2D eigenvalue weighted by Crippen LogP contribution is 2.55. The van der Waals surface area contributed by atoms with Gasteiger partial charge in [0.1, 0.15) is 0 Å². The molecule has 198 valence electrons. The minimum absolute atomic E-state index is 0.291. The lowest BCUT2D eigenvalue weighted by Crippen LogP contribution is -2.30. The second-order valence-electron chi connectivity index (χ2n) is 13.8. The van der Waals surface area contributed by atoms with Crippen molar-refractivity contribution in [2.24, 2.45) is 23.7 Å². The van der Waals surface area contributed by atoms with Crippen molar-refractivity contribution < 1.29 is 0 Å². The van der Waals surface area contributed by atoms with Crippen LogP contribution in [0.25, 0.3) is 21.9 Å². The van der Waals surface area contributed by atoms with E-state index in [1.54, 1.807) is 5.56 Å². The third-order valence-electron chi connectivity index (χ3n) is 11.3. The number of benzene rings is 4. The fourth-order valence-electron chi connectivity index (χ4n) is 9.72. The molecule has 5 unspecified atom stereocenters. The van der Waals surface area contributed by atoms with Crippen molar-refractivity contribution in [3.63, 3.8) is 0 Å². The first-order chi connectivity index (χ1) is 19.1. The predicted octanol–water partition coefficient (Wildman–Crippen LogP) is 10.6. The first kappa shape index (κ1) is 23.8. The Morgan fingerprint density at radius 1 is 0.590 bits per heavy atom. The van der Waals surface area contributed by atoms with E-state index in [0.29, 0.717) is 11.3 Å². The molecule has 4 fully saturated rings. The zero-order valence-electron chi connectivity index (χ0n) is 23.3. The molecular weight excluding hydrogens is 470 g/mol. The second-order valence-corrected chi connectivity index (χ2v) is 13.8. The summed E-state index contributed by atoms with van der Waals surface area (Å²) in [5.74, 6) is 4.39. The normalized spacial score (nSPS) is 31.2. The van der Waals surface area contributed by atoms with Crippen molar-refractivity contribution in [2.45, 2.75) is 76.0 Å². The highest BCUT2D eigenvalue weighted by Gasteiger charge is 2.43. The monoisotopic (exact) mass is 511 g/mol. The van der Waals surface area contributed by atoms with Gasteiger partial charge >= 0.3 is 0 Å². The van der Waals surface area contributed by atoms with Gasteiger partial charge < -0.3 is 5.32 Å². The van der Waals surface area contributed by atoms with Crippen LogP contribution in [0.15, 0.2) is 84.9 Å². The maximum atomic E-state index is 3.95. The summed E-state index contributed by atoms with van der Waals surface area (Å²) in [5, 5.41) is 6.79. The van der Waals surface area contributed by atoms with E-state index in [0.717, 1.165) is 23.7 Å². The largest absolute Gasteiger partial charge is 0.355 e. The number of fused-ring (bicyclic) bond motifs is 5. The smallest absolute Gasteiger partial charge is 0.0464 e. The van der Waals surface area contributed by atoms with E-state index >= 15 is 0 Å². The van der Waals surface area contributed by atoms with E-state index in [1.165, 1.54) is 96.6 Å². The van der Waals surface area contributed by atoms with Gasteiger partial charge in [0.15, 0.2) is 0 Å². The molecule has 39 heavy (non-hydrogen) atoms. The quantitative estimate of drug-likeness (QED) is 0.281. The minimum atomic E-state index is 0.291. The van der Waals surface area contributed by atoms with Gasteiger partial charge in [0, 0.05) is 16.9 Å². The SMILES string of the molecule is CC1(c2ccc(-c3ccccc3Nc3ccccc3C3CC4CCC3C4)c3ccccc23)CC2CC[C@H](C2)C1. The van der Waals surface area contributed by atoms with Crippen LogP contribution in [0.2, 0.25) is 0 Å². The fraction of sp³-hybridized carbons (Fsp3) is 0.421. The van der Waals surface area contributed by atoms with E-state index in [1.807, 2.05) is 0 Å². The molecule has 1 nitrogen and oxygen atoms in total. The third kappa shape index (κ3) is 4.03. The molecule has 4 aliphatic carbocycles. The van der Waals surface area contributed by atoms with Crippen LogP contribution in [0, 0.1) is 23.7 Å². The molecular formula is C38H41N. The Hall–Kier alpha value is -3.06. The molecule has 6 atom stereocenters. The Kier molecular flexibility index (Phi) is 5.65. The Morgan fingerprint density at radius 2 is 1.28 bits per heavy atom. The highest BCUT2D eigenvalue weighted by atomic mass is 14.9. The molecule has 1 N–H and O–H groups in total. The Labute approximate surface area is 234 Å². The average molecular weight is 512 g/mol. The molecule has 1 heteroatoms. The molecule has 0 heterocycles. The Bertz CT molecular complexity index is 1520. The molecule has 0 aromatic heterocycles. The molecule has 4 aromatic rings. The van der Waals surface area contributed by atoms with Crippen LogP contribution >= 0.6 is 0 Å². The lowest BCUT2D eigenvalue weighted by molar-refractivity contribution is 0.233. The maximum absolute atomic E-state index is 3.95. The molecule has 4 aliphatic rings. The van der Waals surface area contributed by atoms with Gasteiger partial charge in [-0.2, -0.15) is 0 Å². The van der Waals surface area contributed by atoms with Crippen LogP contribution in [-0.2, 0) is 5.41 Å². The molecule has 0 saturated heterocycles. The molecule has 0 amide bonds. The van der Waals surface area contributed by atoms with Crippen molar-refractivity contribution in [3.8, 4) is 11.1 Å². The van der Waals surface area contributed by atoms with Crippen LogP contribution in [-0.4, -0.2) is 0 Å². The Morgan fingerprint density at radius 3 is 2.05 bits per heavy atom. The van der Waals surface area contributed by atoms with Gasteiger partial charge in [-0.05, 0) is 113 Å². The van der Waals surface area contributed by atoms with Gasteiger partial charge in [0.25, 0.3) is 0 Å². The lowest BCUT2D eigenvalue weighted by atomic mass is 9.65. The zero-order chi connectivity index (χ0) is 26.0. The molecule has 4 aromatic carbocycles. The highest BCUT2D eigenvalue weighted by molar-refractivity contribution is 6.02. The number of nitrogens with one attached hydrogen (secondary N) is 1. The number of rotatable bonds is 5. The molecule has 8 rings (SSSR count). The van der Waals surface area contributed by atoms with Crippen molar-refractivity contribution in [1.82, 2.24) is 0 Å². The van der Waals surface area contributed by atoms with Crippen LogP contribution < -0.4 is 5.32 Å². The first-order valence-corrected chi connectivity index (χ1v) is 15.6. The average Bonchev–Trinajstić information content (AvgIpc) is 3.69. The zero-order valence-corrected chi connectivity index (χ0v) is 23.3. The van der Waals surface area contributed by atoms with Gasteiger partial charge in [-0.1, -0.05) is 99.0 Å². The van der Waals surface area contributed by atoms with E-state index in [4.69, 9.17) is 0 Å². The summed E-state index contributed by atoms with van der Waals surface area (Å²) in [6, 6.07) is 32.2. The lowest BCUT2D eigenvalue weighted by Gasteiger charge is -2.39. The summed E-state index contributed by atoms with van der Waals surface area (Å²) in [7, 11) is 0. The third-order valence-corrected chi connectivity index (χ3v) is 11.3. The minimum Gasteiger partial charge on any atom is -0.355 e. The fourth-order valence-corrected chi connectivity index (χ4v) is 9.72. The molecule has 4 saturated carbocycles. The van der Waals surface area contributed by atoms with Crippen LogP contribution in [0.3, 0.4) is 0 Å². The number of anilines is 2. The topological polar surface area (TPSA) is 12.0 Å². The van der Waals surface area contributed by atoms with E-state index in [-0.39, 0.29) is 0 Å². The van der Waals surface area contributed by atoms with E-state index < -0.39 is 0 Å². The van der Waals surface area contributed by atoms with Crippen molar-refractivity contribution >= 4 is 22.1 Å². The van der Waals surface area contributed by atoms with Crippen LogP contribution in [0.5, 0.6) is 0 Å². The summed E-state index contributed by atoms with van der Waals surface area (Å²) in [6.45, 7) is 2.56. The second kappa shape index (κ2) is 9.26. The van der Waals surface area contributed by atoms with Gasteiger partial charge in [0.2, 0.25) is 0 Å². The van der Waals surface area contributed by atoms with E-state index in [2.05, 4.69) is 97.2 Å². The molecule has 4 bridgehead atoms. The molecule has 0 spiro atoms. The molecule has 0 aliphatic heterocycles. The number of para-hydroxylation sites is 2. The predicted molar refractivity (Wildman–Crippen MR) is 165 cm³/mol. The van der Waals surface area contributed by atoms with Crippen LogP contribution in [0.4, 0.5) is 11.4 Å². The van der Waals surface area contributed by atoms with Crippen molar-refractivity contribution in [3.05, 3.63) is 96.1 Å². The maximum Gasteiger partial charge on any atom is 0.0464 e. The molecule has 0 radical (unpaired) electrons. The summed E-state index contributed by atoms with van der Waals surface area (Å²) in [5.41, 5.74) is 8.56. The number of hydrogen-bond donors (Lipinski definition) is 1. The summed E-state index contributed by atoms with van der Waals surface area (Å²) >= 11 is 0. The van der Waals surface area contributed by atoms with Crippen molar-refractivity contribution in [1.29, 1.82) is 0 Å². The summed E-state index contributed by atoms with van der Waals surface area (Å²) in [4.78, 5) is 0. The van der Waals surface area contributed by atoms with Gasteiger partial charge in [-0.3, -0.25) is 0 Å². The summed E-state index contributed by atoms with van der Waals surface area (Å²) in [6.07, 6.45) is 12.7. The summed E-state index contributed by atoms with van der Waals surface area (Å²) < 4.78 is 0. The van der Waals surface area contributed by atoms with Gasteiger partial charge in [0.05, 0.1) is 0 Å². The first-order valence-electron chi connectivity index (χ1n) is 15.6. The van der Waals surface area contributed by atoms with Crippen LogP contribution in [0.1, 0.15) is 81.8 Å². The van der Waals surface area contributed by atoms with Crippen molar-refractivity contribution in [2.75, 3.05) is 5.32 Å². The van der Waals surface area contributed by atoms with Gasteiger partial charge in [-0.15, -0.1) is 0 Å². The number of hydrogen-bond acceptors (Lipinski definition) is 1.